The van der Waals surface area contributed by atoms with Crippen LogP contribution in [0.3, 0.4) is 0 Å². The van der Waals surface area contributed by atoms with Crippen LogP contribution in [0, 0.1) is 12.8 Å². The highest BCUT2D eigenvalue weighted by Crippen LogP contribution is 2.41. The number of thioether (sulfide) groups is 1. The maximum absolute atomic E-state index is 13.0. The van der Waals surface area contributed by atoms with E-state index in [1.165, 1.54) is 27.8 Å². The maximum atomic E-state index is 13.0. The van der Waals surface area contributed by atoms with E-state index in [4.69, 9.17) is 0 Å². The molecule has 4 nitrogen and oxygen atoms in total. The number of rotatable bonds is 5. The van der Waals surface area contributed by atoms with Crippen LogP contribution in [-0.2, 0) is 24.1 Å². The fraction of sp³-hybridized carbons (Fsp3) is 0.435. The topological polar surface area (TPSA) is 54.9 Å². The Bertz CT molecular complexity index is 1060. The third-order valence-electron chi connectivity index (χ3n) is 5.70. The largest absolute Gasteiger partial charge is 0.325 e. The highest BCUT2D eigenvalue weighted by Gasteiger charge is 2.25. The van der Waals surface area contributed by atoms with Crippen molar-refractivity contribution in [2.24, 2.45) is 5.92 Å². The van der Waals surface area contributed by atoms with Crippen LogP contribution in [0.4, 0.5) is 5.69 Å². The zero-order valence-corrected chi connectivity index (χ0v) is 19.0. The number of para-hydroxylation sites is 1. The molecule has 0 radical (unpaired) electrons. The number of thiophene rings is 1. The molecule has 152 valence electrons. The molecular formula is C23H27N3OS2. The van der Waals surface area contributed by atoms with Gasteiger partial charge < -0.3 is 5.32 Å². The number of hydrogen-bond acceptors (Lipinski definition) is 5. The third-order valence-corrected chi connectivity index (χ3v) is 7.97. The first-order valence-electron chi connectivity index (χ1n) is 10.3. The molecule has 29 heavy (non-hydrogen) atoms. The summed E-state index contributed by atoms with van der Waals surface area (Å²) in [5.41, 5.74) is 4.62. The number of carbonyl (C=O) groups excluding carboxylic acids is 1. The van der Waals surface area contributed by atoms with E-state index >= 15 is 0 Å². The van der Waals surface area contributed by atoms with Crippen molar-refractivity contribution in [2.45, 2.75) is 63.7 Å². The number of nitrogens with one attached hydrogen (secondary N) is 1. The quantitative estimate of drug-likeness (QED) is 0.414. The summed E-state index contributed by atoms with van der Waals surface area (Å²) in [7, 11) is 0. The van der Waals surface area contributed by atoms with Gasteiger partial charge in [0.25, 0.3) is 0 Å². The highest BCUT2D eigenvalue weighted by molar-refractivity contribution is 8.00. The van der Waals surface area contributed by atoms with Crippen LogP contribution in [0.15, 0.2) is 29.6 Å². The molecule has 1 N–H and O–H groups in total. The van der Waals surface area contributed by atoms with Gasteiger partial charge in [-0.1, -0.05) is 43.8 Å². The summed E-state index contributed by atoms with van der Waals surface area (Å²) in [6, 6.07) is 6.16. The molecule has 0 spiro atoms. The molecule has 1 aliphatic rings. The van der Waals surface area contributed by atoms with Gasteiger partial charge in [-0.15, -0.1) is 11.3 Å². The number of hydrogen-bond donors (Lipinski definition) is 1. The van der Waals surface area contributed by atoms with Crippen molar-refractivity contribution >= 4 is 44.9 Å². The van der Waals surface area contributed by atoms with E-state index in [1.54, 1.807) is 29.4 Å². The van der Waals surface area contributed by atoms with Gasteiger partial charge in [-0.2, -0.15) is 0 Å². The first kappa shape index (κ1) is 20.4. The molecule has 0 aliphatic heterocycles. The minimum atomic E-state index is -0.240. The average molecular weight is 426 g/mol. The van der Waals surface area contributed by atoms with E-state index in [1.807, 2.05) is 26.0 Å². The van der Waals surface area contributed by atoms with Gasteiger partial charge in [0.2, 0.25) is 5.91 Å². The number of anilines is 1. The zero-order valence-electron chi connectivity index (χ0n) is 17.4. The van der Waals surface area contributed by atoms with Crippen molar-refractivity contribution in [1.82, 2.24) is 9.97 Å². The third kappa shape index (κ3) is 4.05. The molecule has 1 aliphatic carbocycles. The molecule has 6 heteroatoms. The molecule has 2 atom stereocenters. The van der Waals surface area contributed by atoms with Gasteiger partial charge in [0, 0.05) is 16.0 Å². The van der Waals surface area contributed by atoms with Crippen molar-refractivity contribution in [2.75, 3.05) is 5.32 Å². The van der Waals surface area contributed by atoms with Crippen molar-refractivity contribution in [3.8, 4) is 0 Å². The predicted molar refractivity (Wildman–Crippen MR) is 123 cm³/mol. The molecule has 1 aromatic carbocycles. The Morgan fingerprint density at radius 3 is 3.00 bits per heavy atom. The predicted octanol–water partition coefficient (Wildman–Crippen LogP) is 5.81. The van der Waals surface area contributed by atoms with Crippen LogP contribution in [0.2, 0.25) is 0 Å². The lowest BCUT2D eigenvalue weighted by molar-refractivity contribution is -0.115. The van der Waals surface area contributed by atoms with Crippen LogP contribution in [0.5, 0.6) is 0 Å². The Labute approximate surface area is 180 Å². The Morgan fingerprint density at radius 2 is 2.21 bits per heavy atom. The van der Waals surface area contributed by atoms with Gasteiger partial charge in [-0.25, -0.2) is 9.97 Å². The molecule has 0 unspecified atom stereocenters. The lowest BCUT2D eigenvalue weighted by Crippen LogP contribution is -2.23. The Kier molecular flexibility index (Phi) is 5.93. The van der Waals surface area contributed by atoms with Gasteiger partial charge in [-0.3, -0.25) is 4.79 Å². The first-order valence-corrected chi connectivity index (χ1v) is 12.0. The van der Waals surface area contributed by atoms with E-state index in [-0.39, 0.29) is 11.2 Å². The Hall–Kier alpha value is -1.92. The molecule has 0 bridgehead atoms. The van der Waals surface area contributed by atoms with E-state index < -0.39 is 0 Å². The number of aromatic nitrogens is 2. The molecule has 0 saturated carbocycles. The number of nitrogens with zero attached hydrogens (tertiary/aromatic N) is 2. The molecule has 1 amide bonds. The van der Waals surface area contributed by atoms with Crippen LogP contribution in [0.1, 0.15) is 48.8 Å². The number of benzene rings is 1. The molecule has 0 saturated heterocycles. The maximum Gasteiger partial charge on any atom is 0.237 e. The summed E-state index contributed by atoms with van der Waals surface area (Å²) in [6.07, 6.45) is 5.95. The van der Waals surface area contributed by atoms with E-state index in [0.29, 0.717) is 0 Å². The molecule has 2 heterocycles. The second kappa shape index (κ2) is 8.44. The van der Waals surface area contributed by atoms with Crippen LogP contribution in [-0.4, -0.2) is 21.1 Å². The summed E-state index contributed by atoms with van der Waals surface area (Å²) in [5, 5.41) is 5.03. The first-order chi connectivity index (χ1) is 14.0. The second-order valence-corrected chi connectivity index (χ2v) is 10.3. The Morgan fingerprint density at radius 1 is 1.38 bits per heavy atom. The molecule has 2 aromatic heterocycles. The number of amides is 1. The molecule has 4 rings (SSSR count). The molecule has 3 aromatic rings. The van der Waals surface area contributed by atoms with Crippen molar-refractivity contribution in [3.63, 3.8) is 0 Å². The minimum Gasteiger partial charge on any atom is -0.325 e. The SMILES string of the molecule is CCc1cccc(C)c1NC(=O)[C@H](C)Sc1ncnc2sc3c(c12)CC[C@H](C)C3. The standard InChI is InChI=1S/C23H27N3OS2/c1-5-16-8-6-7-14(3)20(16)26-21(27)15(4)28-22-19-17-10-9-13(2)11-18(17)29-23(19)25-12-24-22/h6-8,12-13,15H,5,9-11H2,1-4H3,(H,26,27)/t13-,15-/m0/s1. The average Bonchev–Trinajstić information content (AvgIpc) is 3.07. The fourth-order valence-corrected chi connectivity index (χ4v) is 6.34. The summed E-state index contributed by atoms with van der Waals surface area (Å²) >= 11 is 3.34. The summed E-state index contributed by atoms with van der Waals surface area (Å²) in [5.74, 6) is 0.745. The normalized spacial score (nSPS) is 17.2. The second-order valence-electron chi connectivity index (χ2n) is 7.92. The van der Waals surface area contributed by atoms with Gasteiger partial charge in [0.05, 0.1) is 5.25 Å². The summed E-state index contributed by atoms with van der Waals surface area (Å²) < 4.78 is 0. The van der Waals surface area contributed by atoms with E-state index in [0.717, 1.165) is 46.3 Å². The van der Waals surface area contributed by atoms with Gasteiger partial charge in [0.15, 0.2) is 0 Å². The molecule has 0 fully saturated rings. The van der Waals surface area contributed by atoms with E-state index in [9.17, 15) is 4.79 Å². The van der Waals surface area contributed by atoms with Crippen molar-refractivity contribution in [3.05, 3.63) is 46.1 Å². The fourth-order valence-electron chi connectivity index (χ4n) is 3.98. The lowest BCUT2D eigenvalue weighted by atomic mass is 9.89. The number of fused-ring (bicyclic) bond motifs is 3. The smallest absolute Gasteiger partial charge is 0.237 e. The number of carbonyl (C=O) groups is 1. The van der Waals surface area contributed by atoms with E-state index in [2.05, 4.69) is 35.2 Å². The number of aryl methyl sites for hydroxylation is 3. The van der Waals surface area contributed by atoms with Crippen LogP contribution >= 0.6 is 23.1 Å². The summed E-state index contributed by atoms with van der Waals surface area (Å²) in [6.45, 7) is 8.43. The molecular weight excluding hydrogens is 398 g/mol. The van der Waals surface area contributed by atoms with Crippen LogP contribution < -0.4 is 5.32 Å². The van der Waals surface area contributed by atoms with Gasteiger partial charge in [0.1, 0.15) is 16.2 Å². The Balaban J connectivity index is 1.58. The minimum absolute atomic E-state index is 0.0171. The van der Waals surface area contributed by atoms with Crippen molar-refractivity contribution < 1.29 is 4.79 Å². The van der Waals surface area contributed by atoms with Crippen molar-refractivity contribution in [1.29, 1.82) is 0 Å². The zero-order chi connectivity index (χ0) is 20.5. The lowest BCUT2D eigenvalue weighted by Gasteiger charge is -2.19. The highest BCUT2D eigenvalue weighted by atomic mass is 32.2. The van der Waals surface area contributed by atoms with Gasteiger partial charge in [-0.05, 0) is 62.1 Å². The van der Waals surface area contributed by atoms with Gasteiger partial charge >= 0.3 is 0 Å². The monoisotopic (exact) mass is 425 g/mol. The summed E-state index contributed by atoms with van der Waals surface area (Å²) in [4.78, 5) is 24.6. The van der Waals surface area contributed by atoms with Crippen LogP contribution in [0.25, 0.3) is 10.2 Å².